The summed E-state index contributed by atoms with van der Waals surface area (Å²) < 4.78 is 1.04. The first-order chi connectivity index (χ1) is 7.30. The maximum Gasteiger partial charge on any atom is 0.237 e. The largest absolute Gasteiger partial charge is 0.350 e. The molecule has 3 N–H and O–H groups in total. The van der Waals surface area contributed by atoms with Crippen molar-refractivity contribution in [1.82, 2.24) is 5.32 Å². The fourth-order valence-electron chi connectivity index (χ4n) is 1.12. The van der Waals surface area contributed by atoms with Gasteiger partial charge in [-0.15, -0.1) is 11.3 Å². The van der Waals surface area contributed by atoms with E-state index in [9.17, 15) is 4.79 Å². The summed E-state index contributed by atoms with van der Waals surface area (Å²) in [6.07, 6.45) is 0. The smallest absolute Gasteiger partial charge is 0.237 e. The minimum atomic E-state index is -0.476. The van der Waals surface area contributed by atoms with Crippen molar-refractivity contribution in [1.29, 1.82) is 0 Å². The van der Waals surface area contributed by atoms with Gasteiger partial charge < -0.3 is 11.1 Å². The molecule has 1 rings (SSSR count). The molecule has 90 valence electrons. The van der Waals surface area contributed by atoms with Crippen molar-refractivity contribution in [2.75, 3.05) is 0 Å². The number of carbonyl (C=O) groups is 1. The third-order valence-electron chi connectivity index (χ3n) is 2.27. The molecule has 0 aromatic carbocycles. The molecule has 0 saturated carbocycles. The van der Waals surface area contributed by atoms with E-state index in [0.29, 0.717) is 6.54 Å². The van der Waals surface area contributed by atoms with Crippen LogP contribution in [-0.4, -0.2) is 11.9 Å². The van der Waals surface area contributed by atoms with Crippen molar-refractivity contribution in [2.24, 2.45) is 11.1 Å². The molecular weight excluding hydrogens is 288 g/mol. The maximum absolute atomic E-state index is 11.7. The van der Waals surface area contributed by atoms with Crippen molar-refractivity contribution < 1.29 is 4.79 Å². The first kappa shape index (κ1) is 13.7. The van der Waals surface area contributed by atoms with Gasteiger partial charge in [-0.25, -0.2) is 0 Å². The number of nitrogens with two attached hydrogens (primary N) is 1. The molecule has 1 amide bonds. The number of nitrogens with one attached hydrogen (secondary N) is 1. The van der Waals surface area contributed by atoms with E-state index in [1.54, 1.807) is 11.3 Å². The molecule has 0 spiro atoms. The number of thiophene rings is 1. The molecule has 0 unspecified atom stereocenters. The molecular formula is C11H17BrN2OS. The highest BCUT2D eigenvalue weighted by Gasteiger charge is 2.27. The van der Waals surface area contributed by atoms with Crippen LogP contribution in [0.15, 0.2) is 15.9 Å². The van der Waals surface area contributed by atoms with Gasteiger partial charge in [0.1, 0.15) is 0 Å². The highest BCUT2D eigenvalue weighted by molar-refractivity contribution is 9.10. The number of amides is 1. The Labute approximate surface area is 109 Å². The van der Waals surface area contributed by atoms with Crippen LogP contribution >= 0.6 is 27.3 Å². The van der Waals surface area contributed by atoms with Gasteiger partial charge in [0.05, 0.1) is 12.6 Å². The molecule has 16 heavy (non-hydrogen) atoms. The van der Waals surface area contributed by atoms with Crippen LogP contribution in [0.3, 0.4) is 0 Å². The van der Waals surface area contributed by atoms with E-state index in [0.717, 1.165) is 9.35 Å². The van der Waals surface area contributed by atoms with Crippen LogP contribution in [0.4, 0.5) is 0 Å². The van der Waals surface area contributed by atoms with Crippen LogP contribution in [-0.2, 0) is 11.3 Å². The first-order valence-corrected chi connectivity index (χ1v) is 6.74. The molecule has 0 fully saturated rings. The highest BCUT2D eigenvalue weighted by Crippen LogP contribution is 2.20. The number of rotatable bonds is 3. The summed E-state index contributed by atoms with van der Waals surface area (Å²) in [6.45, 7) is 6.41. The maximum atomic E-state index is 11.7. The lowest BCUT2D eigenvalue weighted by Gasteiger charge is -2.25. The Hall–Kier alpha value is -0.390. The monoisotopic (exact) mass is 304 g/mol. The van der Waals surface area contributed by atoms with Crippen molar-refractivity contribution in [3.8, 4) is 0 Å². The van der Waals surface area contributed by atoms with Gasteiger partial charge in [-0.2, -0.15) is 0 Å². The molecule has 0 aliphatic rings. The Bertz CT molecular complexity index is 370. The normalized spacial score (nSPS) is 13.6. The van der Waals surface area contributed by atoms with Gasteiger partial charge in [-0.1, -0.05) is 20.8 Å². The molecule has 1 aromatic rings. The Kier molecular flexibility index (Phi) is 4.52. The van der Waals surface area contributed by atoms with Crippen LogP contribution in [0, 0.1) is 5.41 Å². The summed E-state index contributed by atoms with van der Waals surface area (Å²) in [7, 11) is 0. The average Bonchev–Trinajstić information content (AvgIpc) is 2.58. The number of hydrogen-bond acceptors (Lipinski definition) is 3. The van der Waals surface area contributed by atoms with Gasteiger partial charge in [-0.3, -0.25) is 4.79 Å². The third kappa shape index (κ3) is 3.88. The summed E-state index contributed by atoms with van der Waals surface area (Å²) in [5.41, 5.74) is 5.64. The van der Waals surface area contributed by atoms with Gasteiger partial charge in [0, 0.05) is 14.7 Å². The van der Waals surface area contributed by atoms with E-state index in [1.807, 2.05) is 32.2 Å². The Morgan fingerprint density at radius 3 is 2.69 bits per heavy atom. The Balaban J connectivity index is 2.47. The van der Waals surface area contributed by atoms with E-state index in [-0.39, 0.29) is 11.3 Å². The van der Waals surface area contributed by atoms with Crippen LogP contribution < -0.4 is 11.1 Å². The zero-order valence-electron chi connectivity index (χ0n) is 9.71. The van der Waals surface area contributed by atoms with Crippen LogP contribution in [0.2, 0.25) is 0 Å². The molecule has 0 bridgehead atoms. The molecule has 0 aliphatic heterocycles. The van der Waals surface area contributed by atoms with E-state index < -0.39 is 6.04 Å². The minimum absolute atomic E-state index is 0.1000. The van der Waals surface area contributed by atoms with E-state index >= 15 is 0 Å². The predicted molar refractivity (Wildman–Crippen MR) is 71.3 cm³/mol. The van der Waals surface area contributed by atoms with Gasteiger partial charge in [0.25, 0.3) is 0 Å². The van der Waals surface area contributed by atoms with Crippen LogP contribution in [0.5, 0.6) is 0 Å². The lowest BCUT2D eigenvalue weighted by atomic mass is 9.87. The first-order valence-electron chi connectivity index (χ1n) is 5.07. The average molecular weight is 305 g/mol. The summed E-state index contributed by atoms with van der Waals surface area (Å²) in [5.74, 6) is -0.1000. The second-order valence-corrected chi connectivity index (χ2v) is 6.70. The van der Waals surface area contributed by atoms with Gasteiger partial charge >= 0.3 is 0 Å². The van der Waals surface area contributed by atoms with Crippen LogP contribution in [0.25, 0.3) is 0 Å². The SMILES string of the molecule is CC(C)(C)[C@@H](N)C(=O)NCc1cc(Br)cs1. The fraction of sp³-hybridized carbons (Fsp3) is 0.545. The summed E-state index contributed by atoms with van der Waals surface area (Å²) in [6, 6.07) is 1.52. The molecule has 0 radical (unpaired) electrons. The Morgan fingerprint density at radius 2 is 2.25 bits per heavy atom. The zero-order chi connectivity index (χ0) is 12.3. The highest BCUT2D eigenvalue weighted by atomic mass is 79.9. The van der Waals surface area contributed by atoms with Gasteiger partial charge in [-0.05, 0) is 27.4 Å². The Morgan fingerprint density at radius 1 is 1.62 bits per heavy atom. The zero-order valence-corrected chi connectivity index (χ0v) is 12.1. The molecule has 1 aromatic heterocycles. The fourth-order valence-corrected chi connectivity index (χ4v) is 2.51. The summed E-state index contributed by atoms with van der Waals surface area (Å²) in [5, 5.41) is 4.84. The second kappa shape index (κ2) is 5.29. The van der Waals surface area contributed by atoms with Crippen molar-refractivity contribution >= 4 is 33.2 Å². The third-order valence-corrected chi connectivity index (χ3v) is 3.97. The molecule has 0 aliphatic carbocycles. The standard InChI is InChI=1S/C11H17BrN2OS/c1-11(2,3)9(13)10(15)14-5-8-4-7(12)6-16-8/h4,6,9H,5,13H2,1-3H3,(H,14,15)/t9-/m0/s1. The number of carbonyl (C=O) groups excluding carboxylic acids is 1. The van der Waals surface area contributed by atoms with Crippen molar-refractivity contribution in [2.45, 2.75) is 33.4 Å². The summed E-state index contributed by atoms with van der Waals surface area (Å²) >= 11 is 4.98. The molecule has 1 atom stereocenters. The van der Waals surface area contributed by atoms with E-state index in [4.69, 9.17) is 5.73 Å². The van der Waals surface area contributed by atoms with E-state index in [1.165, 1.54) is 0 Å². The van der Waals surface area contributed by atoms with Crippen LogP contribution in [0.1, 0.15) is 25.6 Å². The lowest BCUT2D eigenvalue weighted by molar-refractivity contribution is -0.124. The molecule has 5 heteroatoms. The molecule has 1 heterocycles. The number of halogens is 1. The lowest BCUT2D eigenvalue weighted by Crippen LogP contribution is -2.48. The molecule has 3 nitrogen and oxygen atoms in total. The second-order valence-electron chi connectivity index (χ2n) is 4.79. The molecule has 0 saturated heterocycles. The topological polar surface area (TPSA) is 55.1 Å². The van der Waals surface area contributed by atoms with Gasteiger partial charge in [0.15, 0.2) is 0 Å². The minimum Gasteiger partial charge on any atom is -0.350 e. The van der Waals surface area contributed by atoms with Gasteiger partial charge in [0.2, 0.25) is 5.91 Å². The quantitative estimate of drug-likeness (QED) is 0.901. The van der Waals surface area contributed by atoms with E-state index in [2.05, 4.69) is 21.2 Å². The number of hydrogen-bond donors (Lipinski definition) is 2. The predicted octanol–water partition coefficient (Wildman–Crippen LogP) is 2.50. The summed E-state index contributed by atoms with van der Waals surface area (Å²) in [4.78, 5) is 12.8. The van der Waals surface area contributed by atoms with Crippen molar-refractivity contribution in [3.05, 3.63) is 20.8 Å². The van der Waals surface area contributed by atoms with Crippen molar-refractivity contribution in [3.63, 3.8) is 0 Å².